The fourth-order valence-electron chi connectivity index (χ4n) is 10.7. The number of carbonyl (C=O) groups excluding carboxylic acids is 4. The molecule has 0 saturated carbocycles. The van der Waals surface area contributed by atoms with Gasteiger partial charge in [0.05, 0.1) is 26.4 Å². The van der Waals surface area contributed by atoms with Gasteiger partial charge in [0.25, 0.3) is 0 Å². The maximum absolute atomic E-state index is 13.0. The van der Waals surface area contributed by atoms with Gasteiger partial charge in [-0.3, -0.25) is 37.3 Å². The second-order valence-electron chi connectivity index (χ2n) is 27.1. The van der Waals surface area contributed by atoms with E-state index in [0.717, 1.165) is 108 Å². The molecule has 2 unspecified atom stereocenters. The number of rotatable bonds is 69. The van der Waals surface area contributed by atoms with Gasteiger partial charge in [-0.2, -0.15) is 0 Å². The number of unbranched alkanes of at least 4 members (excludes halogenated alkanes) is 37. The summed E-state index contributed by atoms with van der Waals surface area (Å²) >= 11 is 0. The summed E-state index contributed by atoms with van der Waals surface area (Å²) in [6.45, 7) is 11.8. The molecular weight excluding hydrogens is 1190 g/mol. The van der Waals surface area contributed by atoms with E-state index in [-0.39, 0.29) is 25.7 Å². The third kappa shape index (κ3) is 64.8. The molecule has 90 heavy (non-hydrogen) atoms. The molecule has 0 fully saturated rings. The lowest BCUT2D eigenvalue weighted by molar-refractivity contribution is -0.161. The van der Waals surface area contributed by atoms with Crippen molar-refractivity contribution in [3.05, 3.63) is 0 Å². The average molecular weight is 1330 g/mol. The van der Waals surface area contributed by atoms with Crippen molar-refractivity contribution in [3.63, 3.8) is 0 Å². The number of aliphatic hydroxyl groups is 1. The number of esters is 4. The van der Waals surface area contributed by atoms with Crippen molar-refractivity contribution >= 4 is 39.5 Å². The summed E-state index contributed by atoms with van der Waals surface area (Å²) in [4.78, 5) is 72.6. The fourth-order valence-corrected chi connectivity index (χ4v) is 12.3. The Morgan fingerprint density at radius 2 is 0.511 bits per heavy atom. The van der Waals surface area contributed by atoms with E-state index in [4.69, 9.17) is 37.0 Å². The predicted octanol–water partition coefficient (Wildman–Crippen LogP) is 20.2. The summed E-state index contributed by atoms with van der Waals surface area (Å²) in [6, 6.07) is 0. The first-order chi connectivity index (χ1) is 43.2. The van der Waals surface area contributed by atoms with Crippen LogP contribution in [0.15, 0.2) is 0 Å². The summed E-state index contributed by atoms with van der Waals surface area (Å²) < 4.78 is 68.3. The first-order valence-corrected chi connectivity index (χ1v) is 39.8. The Kier molecular flexibility index (Phi) is 60.6. The third-order valence-electron chi connectivity index (χ3n) is 16.4. The highest BCUT2D eigenvalue weighted by molar-refractivity contribution is 7.47. The van der Waals surface area contributed by atoms with Crippen LogP contribution in [0.2, 0.25) is 0 Å². The van der Waals surface area contributed by atoms with Crippen LogP contribution in [0.5, 0.6) is 0 Å². The smallest absolute Gasteiger partial charge is 0.462 e. The van der Waals surface area contributed by atoms with Crippen LogP contribution in [-0.4, -0.2) is 96.7 Å². The molecular formula is C71H138O17P2. The number of ether oxygens (including phenoxy) is 4. The molecule has 0 radical (unpaired) electrons. The third-order valence-corrected chi connectivity index (χ3v) is 18.3. The highest BCUT2D eigenvalue weighted by atomic mass is 31.2. The van der Waals surface area contributed by atoms with Gasteiger partial charge in [0.15, 0.2) is 12.2 Å². The van der Waals surface area contributed by atoms with Gasteiger partial charge in [-0.15, -0.1) is 0 Å². The van der Waals surface area contributed by atoms with Crippen LogP contribution in [0.1, 0.15) is 357 Å². The lowest BCUT2D eigenvalue weighted by Crippen LogP contribution is -2.30. The van der Waals surface area contributed by atoms with Gasteiger partial charge in [-0.1, -0.05) is 305 Å². The Bertz CT molecular complexity index is 1770. The largest absolute Gasteiger partial charge is 0.472 e. The zero-order valence-electron chi connectivity index (χ0n) is 58.6. The van der Waals surface area contributed by atoms with Crippen molar-refractivity contribution in [2.24, 2.45) is 17.8 Å². The molecule has 0 spiro atoms. The van der Waals surface area contributed by atoms with Crippen LogP contribution >= 0.6 is 15.6 Å². The first-order valence-electron chi connectivity index (χ1n) is 36.8. The maximum Gasteiger partial charge on any atom is 0.472 e. The van der Waals surface area contributed by atoms with E-state index in [1.54, 1.807) is 0 Å². The summed E-state index contributed by atoms with van der Waals surface area (Å²) in [7, 11) is -9.90. The van der Waals surface area contributed by atoms with Gasteiger partial charge in [-0.05, 0) is 43.4 Å². The van der Waals surface area contributed by atoms with Gasteiger partial charge >= 0.3 is 39.5 Å². The maximum atomic E-state index is 13.0. The van der Waals surface area contributed by atoms with Crippen LogP contribution in [0, 0.1) is 17.8 Å². The van der Waals surface area contributed by atoms with Gasteiger partial charge in [-0.25, -0.2) is 9.13 Å². The second-order valence-corrected chi connectivity index (χ2v) is 30.0. The van der Waals surface area contributed by atoms with E-state index in [1.165, 1.54) is 167 Å². The number of hydrogen-bond acceptors (Lipinski definition) is 15. The van der Waals surface area contributed by atoms with Crippen molar-refractivity contribution in [2.75, 3.05) is 39.6 Å². The highest BCUT2D eigenvalue weighted by Gasteiger charge is 2.30. The monoisotopic (exact) mass is 1320 g/mol. The van der Waals surface area contributed by atoms with E-state index < -0.39 is 97.5 Å². The number of aliphatic hydroxyl groups excluding tert-OH is 1. The summed E-state index contributed by atoms with van der Waals surface area (Å²) in [6.07, 6.45) is 45.9. The molecule has 19 heteroatoms. The molecule has 0 aliphatic heterocycles. The Labute approximate surface area is 549 Å². The standard InChI is InChI=1S/C71H138O17P2/c1-8-9-10-11-12-13-14-15-16-17-18-19-22-33-40-47-54-70(75)87-66(58-81-68(73)52-45-38-31-23-20-21-28-35-42-49-62(2)3)60-85-89(77,78)83-56-65(72)57-84-90(79,80)86-61-67(88-71(76)55-48-41-34-27-25-30-37-44-51-64(6)7)59-82-69(74)53-46-39-32-26-24-29-36-43-50-63(4)5/h62-67,72H,8-61H2,1-7H3,(H,77,78)(H,79,80)/t65-,66-,67-/m1/s1. The normalized spacial score (nSPS) is 14.2. The SMILES string of the molecule is CCCCCCCCCCCCCCCCCCC(=O)O[C@H](COC(=O)CCCCCCCCCCCC(C)C)COP(=O)(O)OC[C@@H](O)COP(=O)(O)OC[C@@H](COC(=O)CCCCCCCCCCC(C)C)OC(=O)CCCCCCCCCCC(C)C. The Morgan fingerprint density at radius 1 is 0.300 bits per heavy atom. The molecule has 5 atom stereocenters. The zero-order valence-corrected chi connectivity index (χ0v) is 60.4. The van der Waals surface area contributed by atoms with Crippen LogP contribution < -0.4 is 0 Å². The highest BCUT2D eigenvalue weighted by Crippen LogP contribution is 2.45. The Hall–Kier alpha value is -1.94. The molecule has 0 aromatic rings. The fraction of sp³-hybridized carbons (Fsp3) is 0.944. The second kappa shape index (κ2) is 61.9. The van der Waals surface area contributed by atoms with Gasteiger partial charge in [0, 0.05) is 25.7 Å². The van der Waals surface area contributed by atoms with E-state index in [2.05, 4.69) is 48.5 Å². The summed E-state index contributed by atoms with van der Waals surface area (Å²) in [5.74, 6) is 0.0620. The molecule has 17 nitrogen and oxygen atoms in total. The van der Waals surface area contributed by atoms with E-state index >= 15 is 0 Å². The lowest BCUT2D eigenvalue weighted by Gasteiger charge is -2.21. The van der Waals surface area contributed by atoms with E-state index in [9.17, 15) is 43.2 Å². The topological polar surface area (TPSA) is 237 Å². The quantitative estimate of drug-likeness (QED) is 0.0222. The Morgan fingerprint density at radius 3 is 0.756 bits per heavy atom. The lowest BCUT2D eigenvalue weighted by atomic mass is 10.0. The summed E-state index contributed by atoms with van der Waals surface area (Å²) in [5.41, 5.74) is 0. The molecule has 0 aromatic heterocycles. The van der Waals surface area contributed by atoms with Crippen molar-refractivity contribution in [2.45, 2.75) is 375 Å². The van der Waals surface area contributed by atoms with E-state index in [0.29, 0.717) is 25.7 Å². The van der Waals surface area contributed by atoms with E-state index in [1.807, 2.05) is 0 Å². The zero-order chi connectivity index (χ0) is 66.6. The number of phosphoric acid groups is 2. The average Bonchev–Trinajstić information content (AvgIpc) is 3.71. The molecule has 0 aliphatic rings. The van der Waals surface area contributed by atoms with Crippen molar-refractivity contribution in [3.8, 4) is 0 Å². The van der Waals surface area contributed by atoms with Crippen LogP contribution in [-0.2, 0) is 65.4 Å². The summed E-state index contributed by atoms with van der Waals surface area (Å²) in [5, 5.41) is 10.6. The van der Waals surface area contributed by atoms with Gasteiger partial charge < -0.3 is 33.8 Å². The molecule has 534 valence electrons. The first kappa shape index (κ1) is 88.1. The molecule has 0 saturated heterocycles. The van der Waals surface area contributed by atoms with Crippen LogP contribution in [0.25, 0.3) is 0 Å². The molecule has 0 bridgehead atoms. The Balaban J connectivity index is 5.25. The minimum Gasteiger partial charge on any atom is -0.462 e. The molecule has 0 aliphatic carbocycles. The number of phosphoric ester groups is 2. The minimum atomic E-state index is -4.95. The van der Waals surface area contributed by atoms with Crippen LogP contribution in [0.3, 0.4) is 0 Å². The predicted molar refractivity (Wildman–Crippen MR) is 363 cm³/mol. The molecule has 0 rings (SSSR count). The van der Waals surface area contributed by atoms with Crippen molar-refractivity contribution in [1.29, 1.82) is 0 Å². The molecule has 0 amide bonds. The molecule has 0 heterocycles. The van der Waals surface area contributed by atoms with Crippen molar-refractivity contribution in [1.82, 2.24) is 0 Å². The van der Waals surface area contributed by atoms with Crippen LogP contribution in [0.4, 0.5) is 0 Å². The van der Waals surface area contributed by atoms with Crippen molar-refractivity contribution < 1.29 is 80.2 Å². The molecule has 3 N–H and O–H groups in total. The van der Waals surface area contributed by atoms with Gasteiger partial charge in [0.2, 0.25) is 0 Å². The van der Waals surface area contributed by atoms with Gasteiger partial charge in [0.1, 0.15) is 19.3 Å². The number of carbonyl (C=O) groups is 4. The number of hydrogen-bond donors (Lipinski definition) is 3. The minimum absolute atomic E-state index is 0.104. The molecule has 0 aromatic carbocycles.